The summed E-state index contributed by atoms with van der Waals surface area (Å²) in [6, 6.07) is 16.0. The van der Waals surface area contributed by atoms with Crippen molar-refractivity contribution in [3.63, 3.8) is 0 Å². The van der Waals surface area contributed by atoms with E-state index in [0.717, 1.165) is 24.3 Å². The second-order valence-corrected chi connectivity index (χ2v) is 5.32. The van der Waals surface area contributed by atoms with Gasteiger partial charge >= 0.3 is 0 Å². The number of rotatable bonds is 4. The molecule has 0 aromatic heterocycles. The first-order valence-electron chi connectivity index (χ1n) is 7.51. The molecule has 21 heavy (non-hydrogen) atoms. The van der Waals surface area contributed by atoms with E-state index in [-0.39, 0.29) is 12.1 Å². The largest absolute Gasteiger partial charge is 0.494 e. The lowest BCUT2D eigenvalue weighted by Crippen LogP contribution is -2.35. The van der Waals surface area contributed by atoms with Gasteiger partial charge in [0.15, 0.2) is 0 Å². The van der Waals surface area contributed by atoms with Gasteiger partial charge in [0.2, 0.25) is 0 Å². The average molecular weight is 283 g/mol. The molecule has 1 aliphatic carbocycles. The predicted molar refractivity (Wildman–Crippen MR) is 83.7 cm³/mol. The zero-order valence-corrected chi connectivity index (χ0v) is 12.3. The lowest BCUT2D eigenvalue weighted by atomic mass is 9.86. The van der Waals surface area contributed by atoms with Crippen LogP contribution in [0.4, 0.5) is 0 Å². The first kappa shape index (κ1) is 14.0. The summed E-state index contributed by atoms with van der Waals surface area (Å²) in [6.07, 6.45) is 1.99. The van der Waals surface area contributed by atoms with Crippen LogP contribution >= 0.6 is 0 Å². The number of hydrogen-bond donors (Lipinski definition) is 1. The van der Waals surface area contributed by atoms with Crippen molar-refractivity contribution < 1.29 is 9.47 Å². The number of benzene rings is 2. The van der Waals surface area contributed by atoms with Gasteiger partial charge in [-0.3, -0.25) is 0 Å². The van der Waals surface area contributed by atoms with E-state index in [2.05, 4.69) is 18.2 Å². The first-order valence-corrected chi connectivity index (χ1v) is 7.51. The van der Waals surface area contributed by atoms with Crippen LogP contribution in [-0.2, 0) is 6.42 Å². The molecule has 0 heterocycles. The Balaban J connectivity index is 1.71. The summed E-state index contributed by atoms with van der Waals surface area (Å²) in [5.74, 6) is 1.71. The highest BCUT2D eigenvalue weighted by Crippen LogP contribution is 2.31. The monoisotopic (exact) mass is 283 g/mol. The highest BCUT2D eigenvalue weighted by atomic mass is 16.5. The van der Waals surface area contributed by atoms with Crippen LogP contribution in [0.3, 0.4) is 0 Å². The molecule has 0 amide bonds. The molecule has 3 heteroatoms. The summed E-state index contributed by atoms with van der Waals surface area (Å²) in [7, 11) is 0. The van der Waals surface area contributed by atoms with Crippen molar-refractivity contribution in [2.24, 2.45) is 5.73 Å². The minimum absolute atomic E-state index is 0.0258. The van der Waals surface area contributed by atoms with Crippen molar-refractivity contribution in [3.8, 4) is 11.5 Å². The number of ether oxygens (including phenoxy) is 2. The molecule has 110 valence electrons. The molecule has 0 radical (unpaired) electrons. The van der Waals surface area contributed by atoms with Crippen LogP contribution in [-0.4, -0.2) is 12.7 Å². The van der Waals surface area contributed by atoms with Gasteiger partial charge in [0, 0.05) is 0 Å². The van der Waals surface area contributed by atoms with Gasteiger partial charge in [0.1, 0.15) is 17.6 Å². The van der Waals surface area contributed by atoms with Crippen molar-refractivity contribution in [2.75, 3.05) is 6.61 Å². The Morgan fingerprint density at radius 1 is 1.05 bits per heavy atom. The van der Waals surface area contributed by atoms with Crippen molar-refractivity contribution in [2.45, 2.75) is 31.9 Å². The van der Waals surface area contributed by atoms with Crippen LogP contribution in [0, 0.1) is 0 Å². The highest BCUT2D eigenvalue weighted by Gasteiger charge is 2.27. The van der Waals surface area contributed by atoms with E-state index in [4.69, 9.17) is 15.2 Å². The topological polar surface area (TPSA) is 44.5 Å². The fourth-order valence-electron chi connectivity index (χ4n) is 2.85. The Bertz CT molecular complexity index is 594. The molecule has 2 aromatic rings. The molecule has 0 aliphatic heterocycles. The summed E-state index contributed by atoms with van der Waals surface area (Å²) in [5, 5.41) is 0. The normalized spacial score (nSPS) is 20.7. The van der Waals surface area contributed by atoms with Crippen LogP contribution < -0.4 is 15.2 Å². The quantitative estimate of drug-likeness (QED) is 0.934. The second kappa shape index (κ2) is 6.19. The van der Waals surface area contributed by atoms with Gasteiger partial charge in [-0.2, -0.15) is 0 Å². The Hall–Kier alpha value is -2.00. The molecular weight excluding hydrogens is 262 g/mol. The van der Waals surface area contributed by atoms with Crippen molar-refractivity contribution in [1.82, 2.24) is 0 Å². The van der Waals surface area contributed by atoms with Crippen LogP contribution in [0.25, 0.3) is 0 Å². The van der Waals surface area contributed by atoms with E-state index in [9.17, 15) is 0 Å². The molecule has 2 atom stereocenters. The molecule has 0 fully saturated rings. The summed E-state index contributed by atoms with van der Waals surface area (Å²) < 4.78 is 11.5. The Kier molecular flexibility index (Phi) is 4.11. The van der Waals surface area contributed by atoms with Crippen LogP contribution in [0.5, 0.6) is 11.5 Å². The molecular formula is C18H21NO2. The Morgan fingerprint density at radius 3 is 2.52 bits per heavy atom. The van der Waals surface area contributed by atoms with Crippen molar-refractivity contribution >= 4 is 0 Å². The van der Waals surface area contributed by atoms with Gasteiger partial charge in [-0.15, -0.1) is 0 Å². The molecule has 3 rings (SSSR count). The molecule has 2 N–H and O–H groups in total. The summed E-state index contributed by atoms with van der Waals surface area (Å²) >= 11 is 0. The smallest absolute Gasteiger partial charge is 0.120 e. The fourth-order valence-corrected chi connectivity index (χ4v) is 2.85. The summed E-state index contributed by atoms with van der Waals surface area (Å²) in [5.41, 5.74) is 8.92. The van der Waals surface area contributed by atoms with E-state index >= 15 is 0 Å². The number of nitrogens with two attached hydrogens (primary N) is 1. The molecule has 1 aliphatic rings. The van der Waals surface area contributed by atoms with Crippen LogP contribution in [0.15, 0.2) is 48.5 Å². The third kappa shape index (κ3) is 3.03. The number of fused-ring (bicyclic) bond motifs is 1. The van der Waals surface area contributed by atoms with Gasteiger partial charge < -0.3 is 15.2 Å². The third-order valence-electron chi connectivity index (χ3n) is 3.94. The molecule has 0 saturated heterocycles. The molecule has 2 aromatic carbocycles. The lowest BCUT2D eigenvalue weighted by molar-refractivity contribution is 0.153. The van der Waals surface area contributed by atoms with Crippen LogP contribution in [0.2, 0.25) is 0 Å². The van der Waals surface area contributed by atoms with Gasteiger partial charge in [0.05, 0.1) is 12.6 Å². The molecule has 0 bridgehead atoms. The Labute approximate surface area is 125 Å². The lowest BCUT2D eigenvalue weighted by Gasteiger charge is -2.31. The molecule has 3 nitrogen and oxygen atoms in total. The van der Waals surface area contributed by atoms with Gasteiger partial charge in [-0.1, -0.05) is 24.3 Å². The highest BCUT2D eigenvalue weighted by molar-refractivity contribution is 5.35. The molecule has 0 spiro atoms. The second-order valence-electron chi connectivity index (χ2n) is 5.32. The summed E-state index contributed by atoms with van der Waals surface area (Å²) in [6.45, 7) is 2.65. The number of aryl methyl sites for hydroxylation is 1. The maximum atomic E-state index is 6.37. The van der Waals surface area contributed by atoms with E-state index < -0.39 is 0 Å². The fraction of sp³-hybridized carbons (Fsp3) is 0.333. The average Bonchev–Trinajstić information content (AvgIpc) is 2.52. The van der Waals surface area contributed by atoms with Gasteiger partial charge in [0.25, 0.3) is 0 Å². The van der Waals surface area contributed by atoms with Gasteiger partial charge in [-0.25, -0.2) is 0 Å². The van der Waals surface area contributed by atoms with E-state index in [0.29, 0.717) is 6.61 Å². The summed E-state index contributed by atoms with van der Waals surface area (Å²) in [4.78, 5) is 0. The minimum Gasteiger partial charge on any atom is -0.494 e. The van der Waals surface area contributed by atoms with E-state index in [1.807, 2.05) is 37.3 Å². The maximum Gasteiger partial charge on any atom is 0.120 e. The predicted octanol–water partition coefficient (Wildman–Crippen LogP) is 3.48. The van der Waals surface area contributed by atoms with E-state index in [1.54, 1.807) is 0 Å². The maximum absolute atomic E-state index is 6.37. The van der Waals surface area contributed by atoms with Gasteiger partial charge in [-0.05, 0) is 55.2 Å². The van der Waals surface area contributed by atoms with E-state index in [1.165, 1.54) is 11.1 Å². The molecule has 2 unspecified atom stereocenters. The van der Waals surface area contributed by atoms with Crippen molar-refractivity contribution in [3.05, 3.63) is 59.7 Å². The van der Waals surface area contributed by atoms with Crippen LogP contribution in [0.1, 0.15) is 30.5 Å². The zero-order chi connectivity index (χ0) is 14.7. The van der Waals surface area contributed by atoms with Crippen molar-refractivity contribution in [1.29, 1.82) is 0 Å². The number of hydrogen-bond acceptors (Lipinski definition) is 3. The SMILES string of the molecule is CCOc1ccc(OC2CCc3ccccc3C2N)cc1. The first-order chi connectivity index (χ1) is 10.3. The zero-order valence-electron chi connectivity index (χ0n) is 12.3. The minimum atomic E-state index is -0.0680. The Morgan fingerprint density at radius 2 is 1.76 bits per heavy atom. The molecule has 0 saturated carbocycles. The standard InChI is InChI=1S/C18H21NO2/c1-2-20-14-8-10-15(11-9-14)21-17-12-7-13-5-3-4-6-16(13)18(17)19/h3-6,8-11,17-18H,2,7,12,19H2,1H3. The third-order valence-corrected chi connectivity index (χ3v) is 3.94.